The Bertz CT molecular complexity index is 426. The third-order valence-corrected chi connectivity index (χ3v) is 4.54. The molecule has 0 amide bonds. The second-order valence-corrected chi connectivity index (χ2v) is 6.19. The highest BCUT2D eigenvalue weighted by Crippen LogP contribution is 2.28. The van der Waals surface area contributed by atoms with Gasteiger partial charge in [0.1, 0.15) is 11.9 Å². The summed E-state index contributed by atoms with van der Waals surface area (Å²) in [5.74, 6) is 1.09. The molecule has 0 aromatic heterocycles. The minimum atomic E-state index is 0.331. The molecule has 0 saturated carbocycles. The number of benzene rings is 1. The maximum Gasteiger partial charge on any atom is 0.123 e. The van der Waals surface area contributed by atoms with E-state index in [0.717, 1.165) is 44.8 Å². The fraction of sp³-hybridized carbons (Fsp3) is 0.647. The maximum absolute atomic E-state index is 6.07. The van der Waals surface area contributed by atoms with Gasteiger partial charge in [-0.3, -0.25) is 4.90 Å². The van der Waals surface area contributed by atoms with Crippen LogP contribution in [0.2, 0.25) is 0 Å². The lowest BCUT2D eigenvalue weighted by Crippen LogP contribution is -2.37. The van der Waals surface area contributed by atoms with Gasteiger partial charge in [0.15, 0.2) is 0 Å². The molecule has 0 bridgehead atoms. The summed E-state index contributed by atoms with van der Waals surface area (Å²) in [5, 5.41) is 0. The number of hydrogen-bond acceptors (Lipinski definition) is 4. The van der Waals surface area contributed by atoms with Crippen molar-refractivity contribution in [3.8, 4) is 5.75 Å². The van der Waals surface area contributed by atoms with Gasteiger partial charge in [-0.15, -0.1) is 0 Å². The molecule has 21 heavy (non-hydrogen) atoms. The van der Waals surface area contributed by atoms with Crippen molar-refractivity contribution in [2.45, 2.75) is 25.4 Å². The Hall–Kier alpha value is -1.10. The van der Waals surface area contributed by atoms with Gasteiger partial charge in [-0.05, 0) is 50.7 Å². The van der Waals surface area contributed by atoms with Crippen molar-refractivity contribution in [2.75, 3.05) is 45.8 Å². The van der Waals surface area contributed by atoms with Gasteiger partial charge < -0.3 is 15.4 Å². The van der Waals surface area contributed by atoms with Crippen LogP contribution in [0.5, 0.6) is 5.75 Å². The van der Waals surface area contributed by atoms with E-state index in [2.05, 4.69) is 34.1 Å². The van der Waals surface area contributed by atoms with Crippen molar-refractivity contribution in [3.05, 3.63) is 29.8 Å². The summed E-state index contributed by atoms with van der Waals surface area (Å²) >= 11 is 0. The molecule has 4 heteroatoms. The van der Waals surface area contributed by atoms with E-state index in [0.29, 0.717) is 6.10 Å². The van der Waals surface area contributed by atoms with Crippen molar-refractivity contribution >= 4 is 0 Å². The summed E-state index contributed by atoms with van der Waals surface area (Å²) in [6.45, 7) is 7.72. The molecule has 0 radical (unpaired) electrons. The molecule has 1 aromatic carbocycles. The van der Waals surface area contributed by atoms with E-state index < -0.39 is 0 Å². The first-order valence-electron chi connectivity index (χ1n) is 8.24. The Morgan fingerprint density at radius 2 is 1.90 bits per heavy atom. The van der Waals surface area contributed by atoms with Gasteiger partial charge in [0.2, 0.25) is 0 Å². The minimum absolute atomic E-state index is 0.331. The predicted molar refractivity (Wildman–Crippen MR) is 85.7 cm³/mol. The smallest absolute Gasteiger partial charge is 0.123 e. The average Bonchev–Trinajstić information content (AvgIpc) is 2.77. The van der Waals surface area contributed by atoms with Gasteiger partial charge in [-0.1, -0.05) is 18.2 Å². The third-order valence-electron chi connectivity index (χ3n) is 4.54. The molecule has 0 aliphatic carbocycles. The molecule has 1 unspecified atom stereocenters. The molecule has 4 nitrogen and oxygen atoms in total. The molecule has 1 atom stereocenters. The van der Waals surface area contributed by atoms with Crippen LogP contribution < -0.4 is 10.5 Å². The first kappa shape index (κ1) is 14.8. The lowest BCUT2D eigenvalue weighted by Gasteiger charge is -2.24. The molecule has 1 aromatic rings. The Morgan fingerprint density at radius 3 is 2.76 bits per heavy atom. The summed E-state index contributed by atoms with van der Waals surface area (Å²) in [5.41, 5.74) is 6.97. The Morgan fingerprint density at radius 1 is 1.10 bits per heavy atom. The molecule has 2 heterocycles. The quantitative estimate of drug-likeness (QED) is 0.888. The topological polar surface area (TPSA) is 41.7 Å². The van der Waals surface area contributed by atoms with Crippen LogP contribution in [0.4, 0.5) is 0 Å². The summed E-state index contributed by atoms with van der Waals surface area (Å²) in [7, 11) is 0. The molecule has 0 spiro atoms. The minimum Gasteiger partial charge on any atom is -0.488 e. The van der Waals surface area contributed by atoms with E-state index in [4.69, 9.17) is 10.5 Å². The van der Waals surface area contributed by atoms with Crippen LogP contribution in [0.1, 0.15) is 18.4 Å². The first-order valence-corrected chi connectivity index (χ1v) is 8.24. The van der Waals surface area contributed by atoms with Crippen molar-refractivity contribution in [3.63, 3.8) is 0 Å². The zero-order valence-electron chi connectivity index (χ0n) is 12.8. The molecular formula is C17H27N3O. The maximum atomic E-state index is 6.07. The second-order valence-electron chi connectivity index (χ2n) is 6.19. The van der Waals surface area contributed by atoms with Crippen molar-refractivity contribution < 1.29 is 4.74 Å². The van der Waals surface area contributed by atoms with E-state index in [1.165, 1.54) is 31.6 Å². The number of nitrogens with two attached hydrogens (primary N) is 1. The van der Waals surface area contributed by atoms with Crippen LogP contribution >= 0.6 is 0 Å². The van der Waals surface area contributed by atoms with Crippen LogP contribution in [0, 0.1) is 0 Å². The Labute approximate surface area is 127 Å². The monoisotopic (exact) mass is 289 g/mol. The van der Waals surface area contributed by atoms with Gasteiger partial charge >= 0.3 is 0 Å². The molecule has 2 aliphatic rings. The number of fused-ring (bicyclic) bond motifs is 1. The second kappa shape index (κ2) is 7.25. The highest BCUT2D eigenvalue weighted by atomic mass is 16.5. The summed E-state index contributed by atoms with van der Waals surface area (Å²) in [4.78, 5) is 5.12. The molecule has 1 saturated heterocycles. The standard InChI is InChI=1S/C17H27N3O/c18-7-3-8-19-9-4-10-20(12-11-19)14-16-13-15-5-1-2-6-17(15)21-16/h1-2,5-6,16H,3-4,7-14,18H2. The van der Waals surface area contributed by atoms with E-state index in [1.807, 2.05) is 0 Å². The van der Waals surface area contributed by atoms with E-state index in [9.17, 15) is 0 Å². The summed E-state index contributed by atoms with van der Waals surface area (Å²) in [6.07, 6.45) is 3.76. The lowest BCUT2D eigenvalue weighted by molar-refractivity contribution is 0.152. The number of para-hydroxylation sites is 1. The number of hydrogen-bond donors (Lipinski definition) is 1. The zero-order chi connectivity index (χ0) is 14.5. The molecule has 1 fully saturated rings. The molecule has 2 N–H and O–H groups in total. The number of ether oxygens (including phenoxy) is 1. The van der Waals surface area contributed by atoms with Crippen LogP contribution in [-0.2, 0) is 6.42 Å². The van der Waals surface area contributed by atoms with Gasteiger partial charge in [0.25, 0.3) is 0 Å². The fourth-order valence-electron chi connectivity index (χ4n) is 3.39. The Balaban J connectivity index is 1.46. The average molecular weight is 289 g/mol. The molecule has 3 rings (SSSR count). The normalized spacial score (nSPS) is 23.6. The highest BCUT2D eigenvalue weighted by molar-refractivity contribution is 5.37. The molecule has 116 valence electrons. The van der Waals surface area contributed by atoms with Crippen molar-refractivity contribution in [2.24, 2.45) is 5.73 Å². The first-order chi connectivity index (χ1) is 10.3. The van der Waals surface area contributed by atoms with E-state index in [-0.39, 0.29) is 0 Å². The summed E-state index contributed by atoms with van der Waals surface area (Å²) in [6, 6.07) is 8.44. The van der Waals surface area contributed by atoms with E-state index >= 15 is 0 Å². The van der Waals surface area contributed by atoms with E-state index in [1.54, 1.807) is 0 Å². The SMILES string of the molecule is NCCCN1CCCN(CC2Cc3ccccc3O2)CC1. The van der Waals surface area contributed by atoms with Gasteiger partial charge in [0, 0.05) is 26.1 Å². The third kappa shape index (κ3) is 3.96. The van der Waals surface area contributed by atoms with Gasteiger partial charge in [0.05, 0.1) is 0 Å². The predicted octanol–water partition coefficient (Wildman–Crippen LogP) is 1.35. The van der Waals surface area contributed by atoms with Crippen LogP contribution in [0.3, 0.4) is 0 Å². The van der Waals surface area contributed by atoms with Crippen LogP contribution in [-0.4, -0.2) is 61.7 Å². The Kier molecular flexibility index (Phi) is 5.12. The van der Waals surface area contributed by atoms with Gasteiger partial charge in [-0.2, -0.15) is 0 Å². The van der Waals surface area contributed by atoms with Crippen LogP contribution in [0.25, 0.3) is 0 Å². The number of nitrogens with zero attached hydrogens (tertiary/aromatic N) is 2. The molecular weight excluding hydrogens is 262 g/mol. The summed E-state index contributed by atoms with van der Waals surface area (Å²) < 4.78 is 6.07. The van der Waals surface area contributed by atoms with Crippen LogP contribution in [0.15, 0.2) is 24.3 Å². The largest absolute Gasteiger partial charge is 0.488 e. The van der Waals surface area contributed by atoms with Crippen molar-refractivity contribution in [1.82, 2.24) is 9.80 Å². The van der Waals surface area contributed by atoms with Gasteiger partial charge in [-0.25, -0.2) is 0 Å². The lowest BCUT2D eigenvalue weighted by atomic mass is 10.1. The fourth-order valence-corrected chi connectivity index (χ4v) is 3.39. The zero-order valence-corrected chi connectivity index (χ0v) is 12.8. The number of rotatable bonds is 5. The molecule has 2 aliphatic heterocycles. The van der Waals surface area contributed by atoms with Crippen molar-refractivity contribution in [1.29, 1.82) is 0 Å². The highest BCUT2D eigenvalue weighted by Gasteiger charge is 2.25.